The summed E-state index contributed by atoms with van der Waals surface area (Å²) >= 11 is 0. The number of fused-ring (bicyclic) bond motifs is 5. The minimum Gasteiger partial charge on any atom is -0.444 e. The van der Waals surface area contributed by atoms with Gasteiger partial charge in [0.05, 0.1) is 23.4 Å². The van der Waals surface area contributed by atoms with Crippen molar-refractivity contribution in [3.63, 3.8) is 0 Å². The Kier molecular flexibility index (Phi) is 9.53. The second-order valence-electron chi connectivity index (χ2n) is 19.6. The number of alkyl carbamates (subject to hydrolysis) is 1. The summed E-state index contributed by atoms with van der Waals surface area (Å²) in [5.74, 6) is 1.41. The maximum Gasteiger partial charge on any atom is 0.407 e. The Labute approximate surface area is 285 Å². The highest BCUT2D eigenvalue weighted by Crippen LogP contribution is 2.76. The van der Waals surface area contributed by atoms with E-state index < -0.39 is 17.3 Å². The molecule has 0 bridgehead atoms. The number of hydrogen-bond donors (Lipinski definition) is 4. The van der Waals surface area contributed by atoms with E-state index in [1.807, 2.05) is 34.6 Å². The van der Waals surface area contributed by atoms with Crippen LogP contribution in [0.4, 0.5) is 4.79 Å². The Morgan fingerprint density at radius 2 is 1.53 bits per heavy atom. The maximum absolute atomic E-state index is 13.1. The Bertz CT molecular complexity index is 1190. The molecule has 8 heteroatoms. The van der Waals surface area contributed by atoms with Crippen LogP contribution >= 0.6 is 0 Å². The second kappa shape index (κ2) is 12.1. The van der Waals surface area contributed by atoms with Gasteiger partial charge in [-0.25, -0.2) is 4.79 Å². The minimum absolute atomic E-state index is 0.0235. The molecule has 0 aromatic carbocycles. The van der Waals surface area contributed by atoms with Crippen molar-refractivity contribution in [1.82, 2.24) is 10.6 Å². The summed E-state index contributed by atoms with van der Waals surface area (Å²) in [6, 6.07) is 0.104. The van der Waals surface area contributed by atoms with Crippen LogP contribution in [-0.2, 0) is 14.3 Å². The number of ether oxygens (including phenoxy) is 2. The van der Waals surface area contributed by atoms with Crippen molar-refractivity contribution in [2.75, 3.05) is 6.54 Å². The van der Waals surface area contributed by atoms with Crippen LogP contribution < -0.4 is 10.6 Å². The molecule has 0 unspecified atom stereocenters. The normalized spacial score (nSPS) is 44.6. The number of amides is 2. The van der Waals surface area contributed by atoms with E-state index in [0.29, 0.717) is 37.1 Å². The molecule has 1 aliphatic heterocycles. The lowest BCUT2D eigenvalue weighted by Gasteiger charge is -2.71. The van der Waals surface area contributed by atoms with Crippen molar-refractivity contribution in [1.29, 1.82) is 0 Å². The van der Waals surface area contributed by atoms with E-state index in [0.717, 1.165) is 57.8 Å². The zero-order chi connectivity index (χ0) is 35.0. The van der Waals surface area contributed by atoms with Gasteiger partial charge in [0.15, 0.2) is 0 Å². The summed E-state index contributed by atoms with van der Waals surface area (Å²) in [6.07, 6.45) is 9.08. The van der Waals surface area contributed by atoms with Crippen molar-refractivity contribution >= 4 is 12.0 Å². The topological polar surface area (TPSA) is 117 Å². The Balaban J connectivity index is 1.26. The Morgan fingerprint density at radius 1 is 0.872 bits per heavy atom. The quantitative estimate of drug-likeness (QED) is 0.216. The van der Waals surface area contributed by atoms with Gasteiger partial charge in [-0.3, -0.25) is 4.79 Å². The van der Waals surface area contributed by atoms with E-state index in [-0.39, 0.29) is 57.3 Å². The molecule has 4 aliphatic carbocycles. The SMILES string of the molecule is CC(C)(C)OC(=O)NCCCC(=O)N[C@H]1CC[C@]2(C)[C@H]3C[C@@H](O)[C@@H]4[C@@H]([C@]5(C)CC[C@@H](C(C)(C)O)O5)CC[C@@]4(C)[C@]3(C)CC[C@H]2C1(C)C. The van der Waals surface area contributed by atoms with E-state index in [2.05, 4.69) is 52.2 Å². The molecule has 0 aromatic heterocycles. The van der Waals surface area contributed by atoms with Crippen LogP contribution in [0.2, 0.25) is 0 Å². The molecule has 270 valence electrons. The Morgan fingerprint density at radius 3 is 2.15 bits per heavy atom. The highest BCUT2D eigenvalue weighted by atomic mass is 16.6. The fourth-order valence-corrected chi connectivity index (χ4v) is 12.4. The summed E-state index contributed by atoms with van der Waals surface area (Å²) in [5.41, 5.74) is -1.57. The van der Waals surface area contributed by atoms with Crippen LogP contribution in [0.1, 0.15) is 147 Å². The van der Waals surface area contributed by atoms with E-state index in [1.165, 1.54) is 0 Å². The van der Waals surface area contributed by atoms with E-state index in [1.54, 1.807) is 0 Å². The predicted molar refractivity (Wildman–Crippen MR) is 185 cm³/mol. The third-order valence-corrected chi connectivity index (χ3v) is 14.9. The van der Waals surface area contributed by atoms with Crippen LogP contribution in [0, 0.1) is 45.3 Å². The van der Waals surface area contributed by atoms with Gasteiger partial charge in [-0.2, -0.15) is 0 Å². The standard InChI is InChI=1S/C39H68N2O6/c1-33(2,3)47-32(44)40-22-12-13-30(43)41-28-16-18-36(8)26(34(28,4)5)15-20-37(9)27(36)23-25(42)31-24(14-19-38(31,37)10)39(11)21-17-29(46-39)35(6,7)45/h24-29,31,42,45H,12-23H2,1-11H3,(H,40,44)(H,41,43)/t24-,25+,26-,27+,28-,29-,31-,36-,37+,38+,39-/m0/s1. The van der Waals surface area contributed by atoms with Crippen molar-refractivity contribution in [3.05, 3.63) is 0 Å². The molecule has 5 aliphatic rings. The van der Waals surface area contributed by atoms with Crippen LogP contribution in [0.15, 0.2) is 0 Å². The fourth-order valence-electron chi connectivity index (χ4n) is 12.4. The van der Waals surface area contributed by atoms with Crippen LogP contribution in [-0.4, -0.2) is 63.8 Å². The summed E-state index contributed by atoms with van der Waals surface area (Å²) in [7, 11) is 0. The molecule has 8 nitrogen and oxygen atoms in total. The second-order valence-corrected chi connectivity index (χ2v) is 19.6. The molecule has 5 fully saturated rings. The van der Waals surface area contributed by atoms with Crippen LogP contribution in [0.5, 0.6) is 0 Å². The number of carbonyl (C=O) groups excluding carboxylic acids is 2. The fraction of sp³-hybridized carbons (Fsp3) is 0.949. The number of nitrogens with one attached hydrogen (secondary N) is 2. The third-order valence-electron chi connectivity index (χ3n) is 14.9. The molecule has 11 atom stereocenters. The van der Waals surface area contributed by atoms with E-state index in [4.69, 9.17) is 9.47 Å². The molecule has 0 spiro atoms. The summed E-state index contributed by atoms with van der Waals surface area (Å²) < 4.78 is 12.0. The molecular formula is C39H68N2O6. The lowest BCUT2D eigenvalue weighted by atomic mass is 9.35. The molecule has 47 heavy (non-hydrogen) atoms. The highest BCUT2D eigenvalue weighted by Gasteiger charge is 2.72. The summed E-state index contributed by atoms with van der Waals surface area (Å²) in [5, 5.41) is 29.1. The molecule has 5 rings (SSSR count). The number of hydrogen-bond acceptors (Lipinski definition) is 6. The zero-order valence-electron chi connectivity index (χ0n) is 31.6. The number of rotatable bonds is 7. The third kappa shape index (κ3) is 6.39. The number of aliphatic hydroxyl groups excluding tert-OH is 1. The minimum atomic E-state index is -0.862. The summed E-state index contributed by atoms with van der Waals surface area (Å²) in [6.45, 7) is 24.2. The first-order valence-electron chi connectivity index (χ1n) is 18.8. The molecular weight excluding hydrogens is 592 g/mol. The van der Waals surface area contributed by atoms with Gasteiger partial charge in [0, 0.05) is 19.0 Å². The smallest absolute Gasteiger partial charge is 0.407 e. The first kappa shape index (κ1) is 36.9. The zero-order valence-corrected chi connectivity index (χ0v) is 31.6. The van der Waals surface area contributed by atoms with E-state index >= 15 is 0 Å². The summed E-state index contributed by atoms with van der Waals surface area (Å²) in [4.78, 5) is 25.1. The average Bonchev–Trinajstić information content (AvgIpc) is 3.52. The maximum atomic E-state index is 13.1. The van der Waals surface area contributed by atoms with Crippen LogP contribution in [0.25, 0.3) is 0 Å². The predicted octanol–water partition coefficient (Wildman–Crippen LogP) is 7.14. The van der Waals surface area contributed by atoms with Gasteiger partial charge in [0.25, 0.3) is 0 Å². The molecule has 4 saturated carbocycles. The first-order chi connectivity index (χ1) is 21.5. The molecule has 0 aromatic rings. The van der Waals surface area contributed by atoms with Gasteiger partial charge in [0.1, 0.15) is 5.60 Å². The first-order valence-corrected chi connectivity index (χ1v) is 18.8. The highest BCUT2D eigenvalue weighted by molar-refractivity contribution is 5.76. The van der Waals surface area contributed by atoms with Gasteiger partial charge in [-0.05, 0) is 151 Å². The number of carbonyl (C=O) groups is 2. The van der Waals surface area contributed by atoms with Gasteiger partial charge < -0.3 is 30.3 Å². The lowest BCUT2D eigenvalue weighted by molar-refractivity contribution is -0.240. The van der Waals surface area contributed by atoms with E-state index in [9.17, 15) is 19.8 Å². The van der Waals surface area contributed by atoms with Crippen molar-refractivity contribution in [2.24, 2.45) is 45.3 Å². The largest absolute Gasteiger partial charge is 0.444 e. The Hall–Kier alpha value is -1.38. The molecule has 0 radical (unpaired) electrons. The average molecular weight is 661 g/mol. The molecule has 1 heterocycles. The molecule has 4 N–H and O–H groups in total. The molecule has 2 amide bonds. The van der Waals surface area contributed by atoms with Gasteiger partial charge in [-0.15, -0.1) is 0 Å². The lowest BCUT2D eigenvalue weighted by Crippen LogP contribution is -2.67. The van der Waals surface area contributed by atoms with Crippen LogP contribution in [0.3, 0.4) is 0 Å². The van der Waals surface area contributed by atoms with Crippen molar-refractivity contribution in [2.45, 2.75) is 182 Å². The molecule has 1 saturated heterocycles. The van der Waals surface area contributed by atoms with Gasteiger partial charge in [0.2, 0.25) is 5.91 Å². The van der Waals surface area contributed by atoms with Crippen molar-refractivity contribution < 1.29 is 29.3 Å². The van der Waals surface area contributed by atoms with Crippen molar-refractivity contribution in [3.8, 4) is 0 Å². The number of aliphatic hydroxyl groups is 2. The van der Waals surface area contributed by atoms with Gasteiger partial charge in [-0.1, -0.05) is 34.6 Å². The monoisotopic (exact) mass is 661 g/mol. The van der Waals surface area contributed by atoms with Gasteiger partial charge >= 0.3 is 6.09 Å².